The number of rotatable bonds is 7. The fourth-order valence-electron chi connectivity index (χ4n) is 2.60. The first-order valence-electron chi connectivity index (χ1n) is 8.05. The summed E-state index contributed by atoms with van der Waals surface area (Å²) < 4.78 is 0. The molecule has 0 atom stereocenters. The number of fused-ring (bicyclic) bond motifs is 1. The smallest absolute Gasteiger partial charge is 0.220 e. The molecule has 0 radical (unpaired) electrons. The first-order chi connectivity index (χ1) is 11.3. The summed E-state index contributed by atoms with van der Waals surface area (Å²) in [4.78, 5) is 19.7. The molecule has 118 valence electrons. The summed E-state index contributed by atoms with van der Waals surface area (Å²) in [5, 5.41) is 2.98. The van der Waals surface area contributed by atoms with Crippen LogP contribution < -0.4 is 5.32 Å². The third-order valence-corrected chi connectivity index (χ3v) is 3.83. The van der Waals surface area contributed by atoms with Gasteiger partial charge in [0.15, 0.2) is 0 Å². The average molecular weight is 307 g/mol. The molecule has 0 saturated heterocycles. The number of aryl methyl sites for hydroxylation is 2. The number of imidazole rings is 1. The monoisotopic (exact) mass is 307 g/mol. The Balaban J connectivity index is 1.37. The van der Waals surface area contributed by atoms with E-state index in [0.29, 0.717) is 13.0 Å². The van der Waals surface area contributed by atoms with Gasteiger partial charge >= 0.3 is 0 Å². The normalized spacial score (nSPS) is 10.8. The van der Waals surface area contributed by atoms with Gasteiger partial charge in [0, 0.05) is 19.4 Å². The van der Waals surface area contributed by atoms with Crippen molar-refractivity contribution in [2.24, 2.45) is 0 Å². The zero-order valence-corrected chi connectivity index (χ0v) is 13.1. The largest absolute Gasteiger partial charge is 0.356 e. The predicted octanol–water partition coefficient (Wildman–Crippen LogP) is 3.24. The second kappa shape index (κ2) is 7.58. The van der Waals surface area contributed by atoms with E-state index < -0.39 is 0 Å². The molecule has 4 nitrogen and oxygen atoms in total. The van der Waals surface area contributed by atoms with Crippen LogP contribution in [0.4, 0.5) is 0 Å². The molecule has 2 aromatic carbocycles. The number of para-hydroxylation sites is 2. The number of aromatic nitrogens is 2. The summed E-state index contributed by atoms with van der Waals surface area (Å²) in [6, 6.07) is 18.1. The van der Waals surface area contributed by atoms with Crippen molar-refractivity contribution in [3.63, 3.8) is 0 Å². The number of hydrogen-bond donors (Lipinski definition) is 2. The number of H-pyrrole nitrogens is 1. The van der Waals surface area contributed by atoms with E-state index in [-0.39, 0.29) is 5.91 Å². The molecule has 23 heavy (non-hydrogen) atoms. The van der Waals surface area contributed by atoms with Gasteiger partial charge in [-0.1, -0.05) is 42.5 Å². The van der Waals surface area contributed by atoms with Crippen LogP contribution in [0, 0.1) is 0 Å². The minimum absolute atomic E-state index is 0.110. The fourth-order valence-corrected chi connectivity index (χ4v) is 2.60. The van der Waals surface area contributed by atoms with Crippen LogP contribution in [0.1, 0.15) is 24.2 Å². The van der Waals surface area contributed by atoms with E-state index >= 15 is 0 Å². The summed E-state index contributed by atoms with van der Waals surface area (Å²) in [7, 11) is 0. The van der Waals surface area contributed by atoms with Gasteiger partial charge in [-0.15, -0.1) is 0 Å². The summed E-state index contributed by atoms with van der Waals surface area (Å²) in [6.45, 7) is 0.685. The minimum Gasteiger partial charge on any atom is -0.356 e. The van der Waals surface area contributed by atoms with E-state index in [2.05, 4.69) is 27.4 Å². The summed E-state index contributed by atoms with van der Waals surface area (Å²) in [6.07, 6.45) is 3.05. The highest BCUT2D eigenvalue weighted by Crippen LogP contribution is 2.11. The highest BCUT2D eigenvalue weighted by Gasteiger charge is 2.04. The number of benzene rings is 2. The van der Waals surface area contributed by atoms with Gasteiger partial charge in [-0.25, -0.2) is 4.98 Å². The predicted molar refractivity (Wildman–Crippen MR) is 92.2 cm³/mol. The van der Waals surface area contributed by atoms with Crippen molar-refractivity contribution in [1.29, 1.82) is 0 Å². The Labute approximate surface area is 136 Å². The lowest BCUT2D eigenvalue weighted by Crippen LogP contribution is -2.25. The van der Waals surface area contributed by atoms with Crippen molar-refractivity contribution in [3.8, 4) is 0 Å². The SMILES string of the molecule is O=C(CCc1ccccc1)NCCCc1nc2ccccc2[nH]1. The van der Waals surface area contributed by atoms with Crippen molar-refractivity contribution >= 4 is 16.9 Å². The van der Waals surface area contributed by atoms with E-state index in [4.69, 9.17) is 0 Å². The standard InChI is InChI=1S/C19H21N3O/c23-19(13-12-15-7-2-1-3-8-15)20-14-6-11-18-21-16-9-4-5-10-17(16)22-18/h1-5,7-10H,6,11-14H2,(H,20,23)(H,21,22). The molecule has 0 aliphatic rings. The molecule has 4 heteroatoms. The van der Waals surface area contributed by atoms with Gasteiger partial charge in [0.25, 0.3) is 0 Å². The zero-order valence-electron chi connectivity index (χ0n) is 13.1. The highest BCUT2D eigenvalue weighted by molar-refractivity contribution is 5.76. The molecule has 0 bridgehead atoms. The van der Waals surface area contributed by atoms with Gasteiger partial charge in [0.2, 0.25) is 5.91 Å². The molecule has 1 heterocycles. The van der Waals surface area contributed by atoms with Crippen molar-refractivity contribution < 1.29 is 4.79 Å². The average Bonchev–Trinajstić information content (AvgIpc) is 3.00. The number of nitrogens with zero attached hydrogens (tertiary/aromatic N) is 1. The van der Waals surface area contributed by atoms with Crippen LogP contribution >= 0.6 is 0 Å². The van der Waals surface area contributed by atoms with Crippen LogP contribution in [0.3, 0.4) is 0 Å². The molecular weight excluding hydrogens is 286 g/mol. The molecule has 0 saturated carbocycles. The van der Waals surface area contributed by atoms with Crippen LogP contribution in [0.5, 0.6) is 0 Å². The van der Waals surface area contributed by atoms with Gasteiger partial charge < -0.3 is 10.3 Å². The first kappa shape index (κ1) is 15.3. The molecule has 2 N–H and O–H groups in total. The van der Waals surface area contributed by atoms with Crippen LogP contribution in [0.25, 0.3) is 11.0 Å². The maximum atomic E-state index is 11.8. The lowest BCUT2D eigenvalue weighted by molar-refractivity contribution is -0.121. The maximum absolute atomic E-state index is 11.8. The third kappa shape index (κ3) is 4.42. The Morgan fingerprint density at radius 2 is 1.78 bits per heavy atom. The van der Waals surface area contributed by atoms with Gasteiger partial charge in [-0.2, -0.15) is 0 Å². The van der Waals surface area contributed by atoms with Crippen molar-refractivity contribution in [3.05, 3.63) is 66.0 Å². The van der Waals surface area contributed by atoms with Crippen molar-refractivity contribution in [1.82, 2.24) is 15.3 Å². The molecule has 0 aliphatic carbocycles. The Kier molecular flexibility index (Phi) is 5.04. The minimum atomic E-state index is 0.110. The second-order valence-corrected chi connectivity index (χ2v) is 5.64. The Morgan fingerprint density at radius 1 is 1.00 bits per heavy atom. The number of amides is 1. The number of nitrogens with one attached hydrogen (secondary N) is 2. The van der Waals surface area contributed by atoms with Gasteiger partial charge in [-0.3, -0.25) is 4.79 Å². The zero-order chi connectivity index (χ0) is 15.9. The number of carbonyl (C=O) groups is 1. The van der Waals surface area contributed by atoms with Crippen LogP contribution in [-0.4, -0.2) is 22.4 Å². The summed E-state index contributed by atoms with van der Waals surface area (Å²) in [5.41, 5.74) is 3.26. The number of carbonyl (C=O) groups excluding carboxylic acids is 1. The van der Waals surface area contributed by atoms with E-state index in [1.807, 2.05) is 42.5 Å². The van der Waals surface area contributed by atoms with Gasteiger partial charge in [-0.05, 0) is 30.5 Å². The van der Waals surface area contributed by atoms with Gasteiger partial charge in [0.1, 0.15) is 5.82 Å². The quantitative estimate of drug-likeness (QED) is 0.658. The Bertz CT molecular complexity index is 731. The molecule has 1 amide bonds. The van der Waals surface area contributed by atoms with E-state index in [9.17, 15) is 4.79 Å². The number of hydrogen-bond acceptors (Lipinski definition) is 2. The lowest BCUT2D eigenvalue weighted by Gasteiger charge is -2.04. The van der Waals surface area contributed by atoms with E-state index in [1.165, 1.54) is 5.56 Å². The molecule has 0 unspecified atom stereocenters. The van der Waals surface area contributed by atoms with Crippen LogP contribution in [0.15, 0.2) is 54.6 Å². The van der Waals surface area contributed by atoms with E-state index in [1.54, 1.807) is 0 Å². The summed E-state index contributed by atoms with van der Waals surface area (Å²) >= 11 is 0. The van der Waals surface area contributed by atoms with Gasteiger partial charge in [0.05, 0.1) is 11.0 Å². The van der Waals surface area contributed by atoms with E-state index in [0.717, 1.165) is 36.1 Å². The van der Waals surface area contributed by atoms with Crippen LogP contribution in [-0.2, 0) is 17.6 Å². The molecule has 3 rings (SSSR count). The molecule has 0 fully saturated rings. The molecule has 3 aromatic rings. The molecular formula is C19H21N3O. The lowest BCUT2D eigenvalue weighted by atomic mass is 10.1. The maximum Gasteiger partial charge on any atom is 0.220 e. The van der Waals surface area contributed by atoms with Crippen LogP contribution in [0.2, 0.25) is 0 Å². The molecule has 1 aromatic heterocycles. The Morgan fingerprint density at radius 3 is 2.61 bits per heavy atom. The first-order valence-corrected chi connectivity index (χ1v) is 8.05. The highest BCUT2D eigenvalue weighted by atomic mass is 16.1. The Hall–Kier alpha value is -2.62. The van der Waals surface area contributed by atoms with Crippen molar-refractivity contribution in [2.45, 2.75) is 25.7 Å². The topological polar surface area (TPSA) is 57.8 Å². The fraction of sp³-hybridized carbons (Fsp3) is 0.263. The second-order valence-electron chi connectivity index (χ2n) is 5.64. The summed E-state index contributed by atoms with van der Waals surface area (Å²) in [5.74, 6) is 1.09. The number of aromatic amines is 1. The van der Waals surface area contributed by atoms with Crippen molar-refractivity contribution in [2.75, 3.05) is 6.54 Å². The third-order valence-electron chi connectivity index (χ3n) is 3.83. The molecule has 0 aliphatic heterocycles. The molecule has 0 spiro atoms.